The lowest BCUT2D eigenvalue weighted by atomic mass is 9.87. The fraction of sp³-hybridized carbons (Fsp3) is 0.769. The number of rotatable bonds is 3. The van der Waals surface area contributed by atoms with Crippen LogP contribution in [-0.4, -0.2) is 25.4 Å². The molecule has 1 atom stereocenters. The van der Waals surface area contributed by atoms with E-state index in [1.807, 2.05) is 17.7 Å². The summed E-state index contributed by atoms with van der Waals surface area (Å²) in [5.41, 5.74) is -0.389. The Hall–Kier alpha value is -0.870. The van der Waals surface area contributed by atoms with E-state index in [0.29, 0.717) is 18.5 Å². The molecule has 1 aliphatic rings. The molecule has 1 aromatic heterocycles. The Kier molecular flexibility index (Phi) is 3.84. The van der Waals surface area contributed by atoms with Crippen LogP contribution in [0.4, 0.5) is 0 Å². The highest BCUT2D eigenvalue weighted by Gasteiger charge is 2.37. The molecule has 0 aromatic carbocycles. The van der Waals surface area contributed by atoms with Gasteiger partial charge in [0.25, 0.3) is 0 Å². The fourth-order valence-corrected chi connectivity index (χ4v) is 2.58. The van der Waals surface area contributed by atoms with Crippen molar-refractivity contribution in [3.05, 3.63) is 18.2 Å². The lowest BCUT2D eigenvalue weighted by Gasteiger charge is -2.31. The molecule has 0 spiro atoms. The summed E-state index contributed by atoms with van der Waals surface area (Å²) in [4.78, 5) is 4.19. The van der Waals surface area contributed by atoms with Gasteiger partial charge in [-0.2, -0.15) is 0 Å². The molecule has 2 rings (SSSR count). The molecule has 0 bridgehead atoms. The Bertz CT molecular complexity index is 354. The summed E-state index contributed by atoms with van der Waals surface area (Å²) in [6.45, 7) is 2.86. The second-order valence-electron chi connectivity index (χ2n) is 5.05. The van der Waals surface area contributed by atoms with E-state index in [9.17, 15) is 10.2 Å². The van der Waals surface area contributed by atoms with E-state index in [1.165, 1.54) is 0 Å². The molecule has 1 fully saturated rings. The summed E-state index contributed by atoms with van der Waals surface area (Å²) >= 11 is 0. The van der Waals surface area contributed by atoms with E-state index in [4.69, 9.17) is 0 Å². The largest absolute Gasteiger partial charge is 0.387 e. The number of aromatic nitrogens is 2. The van der Waals surface area contributed by atoms with Gasteiger partial charge in [0.1, 0.15) is 6.10 Å². The first-order valence-electron chi connectivity index (χ1n) is 6.58. The zero-order chi connectivity index (χ0) is 12.3. The lowest BCUT2D eigenvalue weighted by molar-refractivity contribution is -0.0883. The molecule has 96 valence electrons. The maximum absolute atomic E-state index is 10.6. The maximum Gasteiger partial charge on any atom is 0.126 e. The minimum absolute atomic E-state index is 0.594. The SMILES string of the molecule is CCn1cnc(C(O)C2(O)CCCCCC2)c1. The molecule has 1 unspecified atom stereocenters. The van der Waals surface area contributed by atoms with Crippen molar-refractivity contribution >= 4 is 0 Å². The van der Waals surface area contributed by atoms with Gasteiger partial charge in [-0.1, -0.05) is 25.7 Å². The highest BCUT2D eigenvalue weighted by molar-refractivity contribution is 5.08. The first kappa shape index (κ1) is 12.6. The van der Waals surface area contributed by atoms with Crippen molar-refractivity contribution in [2.75, 3.05) is 0 Å². The molecular formula is C13H22N2O2. The van der Waals surface area contributed by atoms with Crippen LogP contribution < -0.4 is 0 Å². The number of hydrogen-bond acceptors (Lipinski definition) is 3. The molecule has 4 nitrogen and oxygen atoms in total. The number of aliphatic hydroxyl groups is 2. The molecule has 0 amide bonds. The van der Waals surface area contributed by atoms with Crippen molar-refractivity contribution in [3.63, 3.8) is 0 Å². The second kappa shape index (κ2) is 5.19. The summed E-state index contributed by atoms with van der Waals surface area (Å²) in [5, 5.41) is 20.9. The van der Waals surface area contributed by atoms with Gasteiger partial charge in [0.2, 0.25) is 0 Å². The number of nitrogens with zero attached hydrogens (tertiary/aromatic N) is 2. The molecule has 1 heterocycles. The molecule has 2 N–H and O–H groups in total. The van der Waals surface area contributed by atoms with Gasteiger partial charge in [0.15, 0.2) is 0 Å². The third kappa shape index (κ3) is 2.69. The van der Waals surface area contributed by atoms with E-state index < -0.39 is 11.7 Å². The molecule has 4 heteroatoms. The van der Waals surface area contributed by atoms with Crippen LogP contribution in [0.25, 0.3) is 0 Å². The van der Waals surface area contributed by atoms with Gasteiger partial charge in [-0.15, -0.1) is 0 Å². The number of aliphatic hydroxyl groups excluding tert-OH is 1. The quantitative estimate of drug-likeness (QED) is 0.792. The first-order chi connectivity index (χ1) is 8.15. The van der Waals surface area contributed by atoms with Crippen molar-refractivity contribution in [2.45, 2.75) is 63.7 Å². The smallest absolute Gasteiger partial charge is 0.126 e. The molecule has 1 saturated carbocycles. The Morgan fingerprint density at radius 2 is 2.00 bits per heavy atom. The second-order valence-corrected chi connectivity index (χ2v) is 5.05. The summed E-state index contributed by atoms with van der Waals surface area (Å²) < 4.78 is 1.92. The molecule has 17 heavy (non-hydrogen) atoms. The number of imidazole rings is 1. The van der Waals surface area contributed by atoms with E-state index in [2.05, 4.69) is 4.98 Å². The third-order valence-corrected chi connectivity index (χ3v) is 3.78. The fourth-order valence-electron chi connectivity index (χ4n) is 2.58. The van der Waals surface area contributed by atoms with Gasteiger partial charge < -0.3 is 14.8 Å². The van der Waals surface area contributed by atoms with E-state index in [1.54, 1.807) is 6.33 Å². The van der Waals surface area contributed by atoms with E-state index >= 15 is 0 Å². The topological polar surface area (TPSA) is 58.3 Å². The predicted molar refractivity (Wildman–Crippen MR) is 65.5 cm³/mol. The summed E-state index contributed by atoms with van der Waals surface area (Å²) in [7, 11) is 0. The van der Waals surface area contributed by atoms with Gasteiger partial charge in [-0.25, -0.2) is 4.98 Å². The zero-order valence-electron chi connectivity index (χ0n) is 10.5. The van der Waals surface area contributed by atoms with Crippen molar-refractivity contribution in [2.24, 2.45) is 0 Å². The van der Waals surface area contributed by atoms with Crippen LogP contribution in [0.15, 0.2) is 12.5 Å². The third-order valence-electron chi connectivity index (χ3n) is 3.78. The van der Waals surface area contributed by atoms with Crippen LogP contribution in [-0.2, 0) is 6.54 Å². The molecule has 0 radical (unpaired) electrons. The van der Waals surface area contributed by atoms with Crippen LogP contribution in [0.3, 0.4) is 0 Å². The van der Waals surface area contributed by atoms with Gasteiger partial charge in [0.05, 0.1) is 17.6 Å². The van der Waals surface area contributed by atoms with E-state index in [0.717, 1.165) is 32.2 Å². The minimum atomic E-state index is -0.983. The Balaban J connectivity index is 2.13. The van der Waals surface area contributed by atoms with Crippen molar-refractivity contribution < 1.29 is 10.2 Å². The summed E-state index contributed by atoms with van der Waals surface area (Å²) in [6, 6.07) is 0. The predicted octanol–water partition coefficient (Wildman–Crippen LogP) is 2.02. The van der Waals surface area contributed by atoms with Gasteiger partial charge in [0, 0.05) is 12.7 Å². The number of hydrogen-bond donors (Lipinski definition) is 2. The van der Waals surface area contributed by atoms with Crippen molar-refractivity contribution in [3.8, 4) is 0 Å². The zero-order valence-corrected chi connectivity index (χ0v) is 10.5. The van der Waals surface area contributed by atoms with Crippen LogP contribution in [0.5, 0.6) is 0 Å². The molecule has 0 saturated heterocycles. The summed E-state index contributed by atoms with van der Waals surface area (Å²) in [5.74, 6) is 0. The normalized spacial score (nSPS) is 22.1. The molecule has 1 aliphatic carbocycles. The van der Waals surface area contributed by atoms with Gasteiger partial charge in [-0.05, 0) is 19.8 Å². The van der Waals surface area contributed by atoms with E-state index in [-0.39, 0.29) is 0 Å². The Morgan fingerprint density at radius 3 is 2.53 bits per heavy atom. The maximum atomic E-state index is 10.6. The van der Waals surface area contributed by atoms with Crippen LogP contribution in [0, 0.1) is 0 Å². The number of aryl methyl sites for hydroxylation is 1. The minimum Gasteiger partial charge on any atom is -0.387 e. The highest BCUT2D eigenvalue weighted by atomic mass is 16.3. The monoisotopic (exact) mass is 238 g/mol. The van der Waals surface area contributed by atoms with Crippen molar-refractivity contribution in [1.29, 1.82) is 0 Å². The van der Waals surface area contributed by atoms with Crippen LogP contribution in [0.2, 0.25) is 0 Å². The first-order valence-corrected chi connectivity index (χ1v) is 6.58. The molecule has 0 aliphatic heterocycles. The Morgan fingerprint density at radius 1 is 1.35 bits per heavy atom. The average molecular weight is 238 g/mol. The molecule has 1 aromatic rings. The standard InChI is InChI=1S/C13H22N2O2/c1-2-15-9-11(14-10-15)12(16)13(17)7-5-3-4-6-8-13/h9-10,12,16-17H,2-8H2,1H3. The van der Waals surface area contributed by atoms with Gasteiger partial charge in [-0.3, -0.25) is 0 Å². The average Bonchev–Trinajstić information content (AvgIpc) is 2.71. The van der Waals surface area contributed by atoms with Crippen LogP contribution in [0.1, 0.15) is 57.2 Å². The van der Waals surface area contributed by atoms with Crippen LogP contribution >= 0.6 is 0 Å². The van der Waals surface area contributed by atoms with Crippen molar-refractivity contribution in [1.82, 2.24) is 9.55 Å². The lowest BCUT2D eigenvalue weighted by Crippen LogP contribution is -2.36. The van der Waals surface area contributed by atoms with Gasteiger partial charge >= 0.3 is 0 Å². The highest BCUT2D eigenvalue weighted by Crippen LogP contribution is 2.36. The Labute approximate surface area is 102 Å². The summed E-state index contributed by atoms with van der Waals surface area (Å²) in [6.07, 6.45) is 8.31. The molecular weight excluding hydrogens is 216 g/mol.